The quantitative estimate of drug-likeness (QED) is 0.699. The fourth-order valence-electron chi connectivity index (χ4n) is 1.16. The molecule has 0 spiro atoms. The second-order valence-electron chi connectivity index (χ2n) is 3.61. The van der Waals surface area contributed by atoms with E-state index < -0.39 is 15.8 Å². The first-order valence-corrected chi connectivity index (χ1v) is 7.88. The molecule has 96 valence electrons. The molecule has 0 aliphatic heterocycles. The van der Waals surface area contributed by atoms with Crippen LogP contribution in [0.5, 0.6) is 0 Å². The highest BCUT2D eigenvalue weighted by molar-refractivity contribution is 7.90. The smallest absolute Gasteiger partial charge is 0.365 e. The van der Waals surface area contributed by atoms with Gasteiger partial charge in [0.25, 0.3) is 0 Å². The second kappa shape index (κ2) is 6.08. The van der Waals surface area contributed by atoms with Crippen LogP contribution in [0.2, 0.25) is 0 Å². The SMILES string of the molecule is CS(=O)(=O)CCCNCc1csc(C(=O)O)n1. The van der Waals surface area contributed by atoms with Gasteiger partial charge in [0, 0.05) is 18.2 Å². The van der Waals surface area contributed by atoms with Crippen LogP contribution in [0.25, 0.3) is 0 Å². The molecule has 2 N–H and O–H groups in total. The highest BCUT2D eigenvalue weighted by Gasteiger charge is 2.08. The average Bonchev–Trinajstić information content (AvgIpc) is 2.64. The molecule has 1 heterocycles. The largest absolute Gasteiger partial charge is 0.476 e. The maximum absolute atomic E-state index is 10.8. The predicted molar refractivity (Wildman–Crippen MR) is 65.1 cm³/mol. The molecule has 0 unspecified atom stereocenters. The number of rotatable bonds is 7. The van der Waals surface area contributed by atoms with Gasteiger partial charge in [-0.3, -0.25) is 0 Å². The van der Waals surface area contributed by atoms with Gasteiger partial charge < -0.3 is 10.4 Å². The Morgan fingerprint density at radius 2 is 2.29 bits per heavy atom. The fourth-order valence-corrected chi connectivity index (χ4v) is 2.49. The number of nitrogens with zero attached hydrogens (tertiary/aromatic N) is 1. The van der Waals surface area contributed by atoms with Gasteiger partial charge in [-0.05, 0) is 13.0 Å². The van der Waals surface area contributed by atoms with E-state index in [1.165, 1.54) is 6.26 Å². The van der Waals surface area contributed by atoms with Gasteiger partial charge in [-0.25, -0.2) is 18.2 Å². The molecule has 17 heavy (non-hydrogen) atoms. The van der Waals surface area contributed by atoms with Gasteiger partial charge in [0.2, 0.25) is 5.01 Å². The maximum atomic E-state index is 10.8. The van der Waals surface area contributed by atoms with Crippen LogP contribution in [0.3, 0.4) is 0 Å². The van der Waals surface area contributed by atoms with E-state index in [-0.39, 0.29) is 10.8 Å². The molecule has 0 radical (unpaired) electrons. The molecule has 0 aromatic carbocycles. The molecule has 8 heteroatoms. The predicted octanol–water partition coefficient (Wildman–Crippen LogP) is 0.366. The van der Waals surface area contributed by atoms with Crippen LogP contribution >= 0.6 is 11.3 Å². The molecular weight excluding hydrogens is 264 g/mol. The highest BCUT2D eigenvalue weighted by atomic mass is 32.2. The van der Waals surface area contributed by atoms with Crippen molar-refractivity contribution < 1.29 is 18.3 Å². The molecule has 0 amide bonds. The summed E-state index contributed by atoms with van der Waals surface area (Å²) < 4.78 is 21.7. The minimum atomic E-state index is -2.91. The van der Waals surface area contributed by atoms with Gasteiger partial charge in [0.15, 0.2) is 0 Å². The third-order valence-electron chi connectivity index (χ3n) is 1.91. The summed E-state index contributed by atoms with van der Waals surface area (Å²) in [6.45, 7) is 1.01. The van der Waals surface area contributed by atoms with Crippen molar-refractivity contribution in [3.63, 3.8) is 0 Å². The summed E-state index contributed by atoms with van der Waals surface area (Å²) in [6, 6.07) is 0. The normalized spacial score (nSPS) is 11.6. The Morgan fingerprint density at radius 1 is 1.59 bits per heavy atom. The van der Waals surface area contributed by atoms with Gasteiger partial charge >= 0.3 is 5.97 Å². The van der Waals surface area contributed by atoms with Crippen molar-refractivity contribution in [1.82, 2.24) is 10.3 Å². The zero-order valence-corrected chi connectivity index (χ0v) is 11.0. The molecule has 6 nitrogen and oxygen atoms in total. The number of thiazole rings is 1. The first-order chi connectivity index (χ1) is 7.88. The number of hydrogen-bond acceptors (Lipinski definition) is 6. The standard InChI is InChI=1S/C9H14N2O4S2/c1-17(14,15)4-2-3-10-5-7-6-16-8(11-7)9(12)13/h6,10H,2-5H2,1H3,(H,12,13). The molecule has 1 aromatic heterocycles. The van der Waals surface area contributed by atoms with Crippen LogP contribution in [0.1, 0.15) is 21.9 Å². The summed E-state index contributed by atoms with van der Waals surface area (Å²) in [5, 5.41) is 13.4. The van der Waals surface area contributed by atoms with E-state index in [0.717, 1.165) is 11.3 Å². The lowest BCUT2D eigenvalue weighted by Gasteiger charge is -2.01. The van der Waals surface area contributed by atoms with Gasteiger partial charge in [-0.15, -0.1) is 11.3 Å². The second-order valence-corrected chi connectivity index (χ2v) is 6.73. The lowest BCUT2D eigenvalue weighted by Crippen LogP contribution is -2.18. The lowest BCUT2D eigenvalue weighted by atomic mass is 10.4. The number of hydrogen-bond donors (Lipinski definition) is 2. The van der Waals surface area contributed by atoms with Crippen molar-refractivity contribution in [3.8, 4) is 0 Å². The summed E-state index contributed by atoms with van der Waals surface area (Å²) in [6.07, 6.45) is 1.74. The molecule has 0 aliphatic carbocycles. The summed E-state index contributed by atoms with van der Waals surface area (Å²) in [4.78, 5) is 14.5. The fraction of sp³-hybridized carbons (Fsp3) is 0.556. The van der Waals surface area contributed by atoms with Crippen LogP contribution in [0, 0.1) is 0 Å². The van der Waals surface area contributed by atoms with Gasteiger partial charge in [-0.2, -0.15) is 0 Å². The van der Waals surface area contributed by atoms with E-state index in [0.29, 0.717) is 25.2 Å². The van der Waals surface area contributed by atoms with Gasteiger partial charge in [-0.1, -0.05) is 0 Å². The zero-order chi connectivity index (χ0) is 12.9. The van der Waals surface area contributed by atoms with Crippen molar-refractivity contribution in [2.45, 2.75) is 13.0 Å². The van der Waals surface area contributed by atoms with Crippen LogP contribution in [0.15, 0.2) is 5.38 Å². The topological polar surface area (TPSA) is 96.4 Å². The molecule has 0 saturated heterocycles. The van der Waals surface area contributed by atoms with Crippen molar-refractivity contribution >= 4 is 27.1 Å². The number of aromatic nitrogens is 1. The number of carbonyl (C=O) groups is 1. The summed E-state index contributed by atoms with van der Waals surface area (Å²) in [5.41, 5.74) is 0.659. The zero-order valence-electron chi connectivity index (χ0n) is 9.34. The monoisotopic (exact) mass is 278 g/mol. The van der Waals surface area contributed by atoms with Crippen molar-refractivity contribution in [3.05, 3.63) is 16.1 Å². The van der Waals surface area contributed by atoms with Crippen LogP contribution in [-0.2, 0) is 16.4 Å². The average molecular weight is 278 g/mol. The Morgan fingerprint density at radius 3 is 2.82 bits per heavy atom. The third-order valence-corrected chi connectivity index (χ3v) is 3.82. The van der Waals surface area contributed by atoms with Crippen LogP contribution < -0.4 is 5.32 Å². The number of carboxylic acids is 1. The number of sulfone groups is 1. The summed E-state index contributed by atoms with van der Waals surface area (Å²) in [5.74, 6) is -0.879. The molecule has 0 bridgehead atoms. The molecule has 1 aromatic rings. The van der Waals surface area contributed by atoms with Gasteiger partial charge in [0.1, 0.15) is 9.84 Å². The molecule has 0 saturated carbocycles. The summed E-state index contributed by atoms with van der Waals surface area (Å²) >= 11 is 1.08. The number of nitrogens with one attached hydrogen (secondary N) is 1. The van der Waals surface area contributed by atoms with E-state index >= 15 is 0 Å². The Hall–Kier alpha value is -0.990. The van der Waals surface area contributed by atoms with Crippen molar-refractivity contribution in [2.24, 2.45) is 0 Å². The minimum Gasteiger partial charge on any atom is -0.476 e. The Bertz CT molecular complexity index is 481. The van der Waals surface area contributed by atoms with Gasteiger partial charge in [0.05, 0.1) is 11.4 Å². The van der Waals surface area contributed by atoms with Crippen molar-refractivity contribution in [1.29, 1.82) is 0 Å². The van der Waals surface area contributed by atoms with E-state index in [1.807, 2.05) is 0 Å². The number of carboxylic acid groups (broad SMARTS) is 1. The first kappa shape index (κ1) is 14.1. The Kier molecular flexibility index (Phi) is 5.03. The highest BCUT2D eigenvalue weighted by Crippen LogP contribution is 2.09. The molecular formula is C9H14N2O4S2. The molecule has 1 rings (SSSR count). The van der Waals surface area contributed by atoms with E-state index in [4.69, 9.17) is 5.11 Å². The van der Waals surface area contributed by atoms with E-state index in [9.17, 15) is 13.2 Å². The Labute approximate surface area is 104 Å². The van der Waals surface area contributed by atoms with Crippen LogP contribution in [0.4, 0.5) is 0 Å². The van der Waals surface area contributed by atoms with E-state index in [1.54, 1.807) is 5.38 Å². The minimum absolute atomic E-state index is 0.0675. The van der Waals surface area contributed by atoms with Crippen molar-refractivity contribution in [2.75, 3.05) is 18.6 Å². The molecule has 0 fully saturated rings. The van der Waals surface area contributed by atoms with E-state index in [2.05, 4.69) is 10.3 Å². The number of aromatic carboxylic acids is 1. The lowest BCUT2D eigenvalue weighted by molar-refractivity contribution is 0.0696. The molecule has 0 aliphatic rings. The molecule has 0 atom stereocenters. The third kappa shape index (κ3) is 5.76. The maximum Gasteiger partial charge on any atom is 0.365 e. The Balaban J connectivity index is 2.24. The van der Waals surface area contributed by atoms with Crippen LogP contribution in [-0.4, -0.2) is 43.0 Å². The summed E-state index contributed by atoms with van der Waals surface area (Å²) in [7, 11) is -2.91. The first-order valence-electron chi connectivity index (χ1n) is 4.94.